The molecule has 0 spiro atoms. The first-order chi connectivity index (χ1) is 7.54. The van der Waals surface area contributed by atoms with Crippen molar-refractivity contribution in [3.63, 3.8) is 0 Å². The third kappa shape index (κ3) is 7.06. The van der Waals surface area contributed by atoms with Crippen LogP contribution in [0.5, 0.6) is 0 Å². The maximum Gasteiger partial charge on any atom is 0.258 e. The van der Waals surface area contributed by atoms with Crippen LogP contribution in [0.1, 0.15) is 26.7 Å². The predicted octanol–water partition coefficient (Wildman–Crippen LogP) is 2.07. The van der Waals surface area contributed by atoms with Gasteiger partial charge in [-0.15, -0.1) is 11.6 Å². The topological polar surface area (TPSA) is 57.2 Å². The second kappa shape index (κ2) is 6.76. The smallest absolute Gasteiger partial charge is 0.258 e. The van der Waals surface area contributed by atoms with Gasteiger partial charge in [0.15, 0.2) is 0 Å². The Balaban J connectivity index is 4.46. The number of rotatable bonds is 7. The van der Waals surface area contributed by atoms with E-state index in [1.165, 1.54) is 0 Å². The molecular weight excluding hydrogens is 293 g/mol. The number of Topliss-reactive ketones (excluding diaryl/α,β-unsaturated/α-hetero) is 1. The number of carboxylic acid groups (broad SMARTS) is 1. The summed E-state index contributed by atoms with van der Waals surface area (Å²) in [5.41, 5.74) is 0. The van der Waals surface area contributed by atoms with Crippen LogP contribution >= 0.6 is 34.8 Å². The zero-order valence-corrected chi connectivity index (χ0v) is 11.7. The minimum absolute atomic E-state index is 0.0321. The van der Waals surface area contributed by atoms with Crippen LogP contribution in [0.3, 0.4) is 0 Å². The van der Waals surface area contributed by atoms with Crippen molar-refractivity contribution in [3.8, 4) is 0 Å². The van der Waals surface area contributed by atoms with E-state index in [4.69, 9.17) is 34.8 Å². The number of hydrogen-bond donors (Lipinski definition) is 0. The summed E-state index contributed by atoms with van der Waals surface area (Å²) in [6.45, 7) is 2.75. The summed E-state index contributed by atoms with van der Waals surface area (Å²) in [7, 11) is 0. The molecule has 0 radical (unpaired) electrons. The Morgan fingerprint density at radius 3 is 2.18 bits per heavy atom. The largest absolute Gasteiger partial charge is 0.549 e. The van der Waals surface area contributed by atoms with Crippen molar-refractivity contribution < 1.29 is 19.1 Å². The fraction of sp³-hybridized carbons (Fsp3) is 0.800. The molecule has 100 valence electrons. The minimum Gasteiger partial charge on any atom is -0.549 e. The van der Waals surface area contributed by atoms with E-state index in [1.54, 1.807) is 6.92 Å². The molecule has 0 aliphatic carbocycles. The third-order valence-electron chi connectivity index (χ3n) is 2.43. The summed E-state index contributed by atoms with van der Waals surface area (Å²) in [6.07, 6.45) is -0.383. The molecule has 0 aliphatic rings. The van der Waals surface area contributed by atoms with Crippen molar-refractivity contribution >= 4 is 46.6 Å². The number of hydrogen-bond acceptors (Lipinski definition) is 3. The van der Waals surface area contributed by atoms with E-state index >= 15 is 0 Å². The van der Waals surface area contributed by atoms with E-state index in [1.807, 2.05) is 0 Å². The summed E-state index contributed by atoms with van der Waals surface area (Å²) >= 11 is 16.1. The summed E-state index contributed by atoms with van der Waals surface area (Å²) in [5, 5.41) is 9.92. The number of halogens is 4. The highest BCUT2D eigenvalue weighted by Crippen LogP contribution is 2.34. The van der Waals surface area contributed by atoms with Crippen LogP contribution in [-0.4, -0.2) is 21.7 Å². The van der Waals surface area contributed by atoms with Gasteiger partial charge in [-0.3, -0.25) is 4.79 Å². The summed E-state index contributed by atoms with van der Waals surface area (Å²) in [5.74, 6) is -3.66. The van der Waals surface area contributed by atoms with Gasteiger partial charge in [-0.05, 0) is 19.3 Å². The number of alkyl halides is 4. The molecule has 0 N–H and O–H groups in total. The van der Waals surface area contributed by atoms with E-state index in [-0.39, 0.29) is 12.8 Å². The van der Waals surface area contributed by atoms with E-state index in [2.05, 4.69) is 0 Å². The third-order valence-corrected chi connectivity index (χ3v) is 3.32. The average Bonchev–Trinajstić information content (AvgIpc) is 2.09. The summed E-state index contributed by atoms with van der Waals surface area (Å²) in [6, 6.07) is 0. The zero-order valence-electron chi connectivity index (χ0n) is 9.38. The first kappa shape index (κ1) is 16.9. The molecule has 0 aromatic carbocycles. The van der Waals surface area contributed by atoms with Crippen molar-refractivity contribution in [1.82, 2.24) is 0 Å². The lowest BCUT2D eigenvalue weighted by Crippen LogP contribution is -2.37. The maximum absolute atomic E-state index is 12.9. The lowest BCUT2D eigenvalue weighted by molar-refractivity contribution is -0.310. The van der Waals surface area contributed by atoms with Crippen molar-refractivity contribution in [2.24, 2.45) is 11.8 Å². The lowest BCUT2D eigenvalue weighted by atomic mass is 9.90. The van der Waals surface area contributed by atoms with Crippen molar-refractivity contribution in [3.05, 3.63) is 0 Å². The predicted molar refractivity (Wildman–Crippen MR) is 62.8 cm³/mol. The van der Waals surface area contributed by atoms with E-state index in [9.17, 15) is 19.1 Å². The first-order valence-electron chi connectivity index (χ1n) is 4.96. The molecule has 3 nitrogen and oxygen atoms in total. The number of carboxylic acids is 1. The van der Waals surface area contributed by atoms with Gasteiger partial charge in [-0.2, -0.15) is 0 Å². The molecule has 0 rings (SSSR count). The Morgan fingerprint density at radius 1 is 1.41 bits per heavy atom. The molecule has 7 heteroatoms. The normalized spacial score (nSPS) is 17.3. The zero-order chi connectivity index (χ0) is 13.8. The lowest BCUT2D eigenvalue weighted by Gasteiger charge is -2.24. The molecule has 0 saturated carbocycles. The van der Waals surface area contributed by atoms with Gasteiger partial charge in [-0.1, -0.05) is 30.1 Å². The van der Waals surface area contributed by atoms with Gasteiger partial charge in [0.25, 0.3) is 4.59 Å². The molecule has 17 heavy (non-hydrogen) atoms. The van der Waals surface area contributed by atoms with Gasteiger partial charge in [0.1, 0.15) is 5.78 Å². The molecular formula is C10H13Cl3FO3-. The van der Waals surface area contributed by atoms with Crippen LogP contribution in [0.25, 0.3) is 0 Å². The number of aliphatic carboxylic acids is 1. The van der Waals surface area contributed by atoms with Crippen LogP contribution < -0.4 is 5.11 Å². The van der Waals surface area contributed by atoms with Gasteiger partial charge < -0.3 is 9.90 Å². The molecule has 0 saturated heterocycles. The van der Waals surface area contributed by atoms with Crippen LogP contribution in [0, 0.1) is 11.8 Å². The molecule has 0 aromatic rings. The Labute approximate surface area is 114 Å². The first-order valence-corrected chi connectivity index (χ1v) is 6.16. The Bertz CT molecular complexity index is 277. The quantitative estimate of drug-likeness (QED) is 0.534. The molecule has 0 aliphatic heterocycles. The fourth-order valence-electron chi connectivity index (χ4n) is 1.37. The second-order valence-electron chi connectivity index (χ2n) is 4.03. The molecule has 0 amide bonds. The van der Waals surface area contributed by atoms with Crippen LogP contribution in [0.15, 0.2) is 0 Å². The standard InChI is InChI=1S/C10H14Cl3FO3/c1-5(8(11)4-10(12,13)14)3-7(6(2)15)9(16)17/h5,7-8H,3-4H2,1-2H3,(H,16,17)/p-1. The summed E-state index contributed by atoms with van der Waals surface area (Å²) < 4.78 is 10.4. The average molecular weight is 307 g/mol. The molecule has 3 unspecified atom stereocenters. The highest BCUT2D eigenvalue weighted by Gasteiger charge is 2.31. The number of ketones is 1. The van der Waals surface area contributed by atoms with Crippen LogP contribution in [0.2, 0.25) is 0 Å². The monoisotopic (exact) mass is 305 g/mol. The van der Waals surface area contributed by atoms with Crippen molar-refractivity contribution in [2.45, 2.75) is 36.7 Å². The molecule has 0 heterocycles. The highest BCUT2D eigenvalue weighted by molar-refractivity contribution is 6.47. The van der Waals surface area contributed by atoms with Crippen molar-refractivity contribution in [1.29, 1.82) is 0 Å². The van der Waals surface area contributed by atoms with Gasteiger partial charge in [0.05, 0.1) is 11.9 Å². The minimum atomic E-state index is -2.46. The van der Waals surface area contributed by atoms with Crippen LogP contribution in [0.4, 0.5) is 4.39 Å². The molecule has 0 fully saturated rings. The van der Waals surface area contributed by atoms with Gasteiger partial charge in [-0.25, -0.2) is 4.39 Å². The highest BCUT2D eigenvalue weighted by atomic mass is 35.5. The SMILES string of the molecule is CC(=O)C(CC(C)C(Cl)CC(F)(Cl)Cl)C(=O)[O-]. The maximum atomic E-state index is 12.9. The van der Waals surface area contributed by atoms with E-state index in [0.29, 0.717) is 0 Å². The molecule has 0 bridgehead atoms. The van der Waals surface area contributed by atoms with E-state index < -0.39 is 33.6 Å². The van der Waals surface area contributed by atoms with Gasteiger partial charge >= 0.3 is 0 Å². The Hall–Kier alpha value is -0.0600. The second-order valence-corrected chi connectivity index (χ2v) is 5.98. The molecule has 3 atom stereocenters. The number of carbonyl (C=O) groups excluding carboxylic acids is 2. The van der Waals surface area contributed by atoms with Crippen molar-refractivity contribution in [2.75, 3.05) is 0 Å². The van der Waals surface area contributed by atoms with Gasteiger partial charge in [0, 0.05) is 11.8 Å². The number of carbonyl (C=O) groups is 2. The Morgan fingerprint density at radius 2 is 1.88 bits per heavy atom. The van der Waals surface area contributed by atoms with E-state index in [0.717, 1.165) is 6.92 Å². The fourth-order valence-corrected chi connectivity index (χ4v) is 2.18. The van der Waals surface area contributed by atoms with Gasteiger partial charge in [0.2, 0.25) is 0 Å². The molecule has 0 aromatic heterocycles. The Kier molecular flexibility index (Phi) is 6.74. The summed E-state index contributed by atoms with van der Waals surface area (Å²) in [4.78, 5) is 21.7. The van der Waals surface area contributed by atoms with Crippen LogP contribution in [-0.2, 0) is 9.59 Å².